The molecule has 0 aromatic heterocycles. The minimum atomic E-state index is -5.87. The Balaban J connectivity index is 2.70. The molecule has 0 saturated carbocycles. The van der Waals surface area contributed by atoms with Crippen LogP contribution in [0.2, 0.25) is 0 Å². The van der Waals surface area contributed by atoms with Crippen LogP contribution in [0.4, 0.5) is 26.3 Å². The summed E-state index contributed by atoms with van der Waals surface area (Å²) in [6.45, 7) is 0. The fourth-order valence-electron chi connectivity index (χ4n) is 1.90. The molecule has 1 nitrogen and oxygen atoms in total. The summed E-state index contributed by atoms with van der Waals surface area (Å²) in [6.07, 6.45) is -11.7. The molecule has 20 heavy (non-hydrogen) atoms. The van der Waals surface area contributed by atoms with E-state index in [1.54, 1.807) is 12.1 Å². The van der Waals surface area contributed by atoms with E-state index in [4.69, 9.17) is 0 Å². The first-order chi connectivity index (χ1) is 9.07. The van der Waals surface area contributed by atoms with E-state index in [-0.39, 0.29) is 5.39 Å². The molecule has 0 spiro atoms. The molecule has 7 heteroatoms. The van der Waals surface area contributed by atoms with Gasteiger partial charge in [0, 0.05) is 5.56 Å². The lowest BCUT2D eigenvalue weighted by atomic mass is 9.90. The topological polar surface area (TPSA) is 20.2 Å². The average Bonchev–Trinajstić information content (AvgIpc) is 2.34. The summed E-state index contributed by atoms with van der Waals surface area (Å²) >= 11 is 0. The molecule has 0 atom stereocenters. The Bertz CT molecular complexity index is 615. The second-order valence-electron chi connectivity index (χ2n) is 4.27. The lowest BCUT2D eigenvalue weighted by Crippen LogP contribution is -2.53. The Kier molecular flexibility index (Phi) is 3.20. The van der Waals surface area contributed by atoms with Gasteiger partial charge in [0.05, 0.1) is 0 Å². The van der Waals surface area contributed by atoms with Crippen molar-refractivity contribution in [3.8, 4) is 0 Å². The second kappa shape index (κ2) is 4.37. The first-order valence-corrected chi connectivity index (χ1v) is 5.42. The Hall–Kier alpha value is -1.76. The van der Waals surface area contributed by atoms with Crippen LogP contribution in [0.25, 0.3) is 10.8 Å². The number of halogens is 6. The minimum absolute atomic E-state index is 0.178. The molecule has 0 heterocycles. The van der Waals surface area contributed by atoms with Gasteiger partial charge in [-0.05, 0) is 16.8 Å². The lowest BCUT2D eigenvalue weighted by molar-refractivity contribution is -0.376. The third kappa shape index (κ3) is 2.11. The maximum absolute atomic E-state index is 12.7. The van der Waals surface area contributed by atoms with Crippen molar-refractivity contribution in [2.75, 3.05) is 0 Å². The first kappa shape index (κ1) is 14.6. The van der Waals surface area contributed by atoms with Crippen molar-refractivity contribution in [1.82, 2.24) is 0 Å². The quantitative estimate of drug-likeness (QED) is 0.783. The van der Waals surface area contributed by atoms with Crippen LogP contribution in [0, 0.1) is 0 Å². The lowest BCUT2D eigenvalue weighted by Gasteiger charge is -2.32. The minimum Gasteiger partial charge on any atom is -0.369 e. The number of rotatable bonds is 1. The van der Waals surface area contributed by atoms with E-state index in [0.29, 0.717) is 17.5 Å². The van der Waals surface area contributed by atoms with Crippen LogP contribution in [0.3, 0.4) is 0 Å². The zero-order valence-electron chi connectivity index (χ0n) is 9.76. The van der Waals surface area contributed by atoms with Crippen molar-refractivity contribution < 1.29 is 31.4 Å². The Morgan fingerprint density at radius 3 is 1.70 bits per heavy atom. The first-order valence-electron chi connectivity index (χ1n) is 5.42. The largest absolute Gasteiger partial charge is 0.430 e. The Labute approximate surface area is 109 Å². The van der Waals surface area contributed by atoms with Gasteiger partial charge in [-0.2, -0.15) is 26.3 Å². The van der Waals surface area contributed by atoms with Crippen LogP contribution >= 0.6 is 0 Å². The van der Waals surface area contributed by atoms with Crippen molar-refractivity contribution in [3.63, 3.8) is 0 Å². The summed E-state index contributed by atoms with van der Waals surface area (Å²) in [6, 6.07) is 8.41. The van der Waals surface area contributed by atoms with Gasteiger partial charge in [-0.25, -0.2) is 0 Å². The normalized spacial score (nSPS) is 13.8. The van der Waals surface area contributed by atoms with Crippen molar-refractivity contribution in [2.45, 2.75) is 18.0 Å². The Morgan fingerprint density at radius 2 is 1.20 bits per heavy atom. The van der Waals surface area contributed by atoms with Gasteiger partial charge in [-0.1, -0.05) is 36.4 Å². The zero-order valence-corrected chi connectivity index (χ0v) is 9.76. The molecule has 0 radical (unpaired) electrons. The summed E-state index contributed by atoms with van der Waals surface area (Å²) in [5, 5.41) is 9.92. The number of hydrogen-bond donors (Lipinski definition) is 1. The SMILES string of the molecule is OC(c1ccc2ccccc2c1)(C(F)(F)F)C(F)(F)F. The van der Waals surface area contributed by atoms with Crippen LogP contribution < -0.4 is 0 Å². The van der Waals surface area contributed by atoms with Gasteiger partial charge >= 0.3 is 12.4 Å². The van der Waals surface area contributed by atoms with Crippen LogP contribution in [-0.4, -0.2) is 17.5 Å². The molecule has 0 amide bonds. The van der Waals surface area contributed by atoms with Crippen LogP contribution in [0.1, 0.15) is 5.56 Å². The van der Waals surface area contributed by atoms with Crippen molar-refractivity contribution >= 4 is 10.8 Å². The summed E-state index contributed by atoms with van der Waals surface area (Å²) in [5.41, 5.74) is -6.14. The molecule has 0 bridgehead atoms. The van der Waals surface area contributed by atoms with Crippen LogP contribution in [0.15, 0.2) is 42.5 Å². The highest BCUT2D eigenvalue weighted by atomic mass is 19.4. The molecule has 0 fully saturated rings. The maximum atomic E-state index is 12.7. The van der Waals surface area contributed by atoms with Crippen LogP contribution in [-0.2, 0) is 5.60 Å². The number of fused-ring (bicyclic) bond motifs is 1. The highest BCUT2D eigenvalue weighted by Gasteiger charge is 2.71. The highest BCUT2D eigenvalue weighted by Crippen LogP contribution is 2.50. The standard InChI is InChI=1S/C13H8F6O/c14-12(15,16)11(20,13(17,18)19)10-6-5-8-3-1-2-4-9(8)7-10/h1-7,20H. The molecule has 1 N–H and O–H groups in total. The van der Waals surface area contributed by atoms with Crippen LogP contribution in [0.5, 0.6) is 0 Å². The smallest absolute Gasteiger partial charge is 0.369 e. The fraction of sp³-hybridized carbons (Fsp3) is 0.231. The zero-order chi connectivity index (χ0) is 15.2. The van der Waals surface area contributed by atoms with E-state index >= 15 is 0 Å². The van der Waals surface area contributed by atoms with Crippen molar-refractivity contribution in [1.29, 1.82) is 0 Å². The molecule has 0 saturated heterocycles. The number of hydrogen-bond acceptors (Lipinski definition) is 1. The fourth-order valence-corrected chi connectivity index (χ4v) is 1.90. The number of aliphatic hydroxyl groups is 1. The summed E-state index contributed by atoms with van der Waals surface area (Å²) in [4.78, 5) is 0. The van der Waals surface area contributed by atoms with Gasteiger partial charge in [0.25, 0.3) is 5.60 Å². The molecular formula is C13H8F6O. The second-order valence-corrected chi connectivity index (χ2v) is 4.27. The molecule has 2 aromatic rings. The van der Waals surface area contributed by atoms with E-state index < -0.39 is 23.5 Å². The van der Waals surface area contributed by atoms with Gasteiger partial charge in [0.1, 0.15) is 0 Å². The number of benzene rings is 2. The maximum Gasteiger partial charge on any atom is 0.430 e. The summed E-state index contributed by atoms with van der Waals surface area (Å²) in [5.74, 6) is 0. The van der Waals surface area contributed by atoms with E-state index in [2.05, 4.69) is 0 Å². The molecular weight excluding hydrogens is 286 g/mol. The van der Waals surface area contributed by atoms with E-state index in [1.165, 1.54) is 12.1 Å². The van der Waals surface area contributed by atoms with Gasteiger partial charge in [-0.15, -0.1) is 0 Å². The molecule has 2 aromatic carbocycles. The molecule has 2 rings (SSSR count). The summed E-state index contributed by atoms with van der Waals surface area (Å²) in [7, 11) is 0. The molecule has 0 aliphatic heterocycles. The van der Waals surface area contributed by atoms with Gasteiger partial charge in [0.2, 0.25) is 0 Å². The van der Waals surface area contributed by atoms with Crippen molar-refractivity contribution in [3.05, 3.63) is 48.0 Å². The molecule has 108 valence electrons. The van der Waals surface area contributed by atoms with Gasteiger partial charge in [0.15, 0.2) is 0 Å². The van der Waals surface area contributed by atoms with Gasteiger partial charge in [-0.3, -0.25) is 0 Å². The summed E-state index contributed by atoms with van der Waals surface area (Å²) < 4.78 is 76.3. The molecule has 0 aliphatic rings. The molecule has 0 unspecified atom stereocenters. The number of alkyl halides is 6. The van der Waals surface area contributed by atoms with Gasteiger partial charge < -0.3 is 5.11 Å². The third-order valence-electron chi connectivity index (χ3n) is 2.99. The van der Waals surface area contributed by atoms with E-state index in [1.807, 2.05) is 0 Å². The predicted octanol–water partition coefficient (Wildman–Crippen LogP) is 4.15. The van der Waals surface area contributed by atoms with E-state index in [9.17, 15) is 31.4 Å². The monoisotopic (exact) mass is 294 g/mol. The van der Waals surface area contributed by atoms with Crippen molar-refractivity contribution in [2.24, 2.45) is 0 Å². The Morgan fingerprint density at radius 1 is 0.700 bits per heavy atom. The average molecular weight is 294 g/mol. The third-order valence-corrected chi connectivity index (χ3v) is 2.99. The predicted molar refractivity (Wildman–Crippen MR) is 60.0 cm³/mol. The van der Waals surface area contributed by atoms with E-state index in [0.717, 1.165) is 6.07 Å². The molecule has 0 aliphatic carbocycles. The highest BCUT2D eigenvalue weighted by molar-refractivity contribution is 5.83.